The normalized spacial score (nSPS) is 52.5. The molecule has 4 aliphatic carbocycles. The van der Waals surface area contributed by atoms with Gasteiger partial charge >= 0.3 is 0 Å². The molecule has 0 amide bonds. The summed E-state index contributed by atoms with van der Waals surface area (Å²) in [6.45, 7) is 4.69. The Morgan fingerprint density at radius 1 is 1.32 bits per heavy atom. The third-order valence-electron chi connectivity index (χ3n) is 8.73. The molecule has 6 heteroatoms. The van der Waals surface area contributed by atoms with Gasteiger partial charge in [0, 0.05) is 16.7 Å². The van der Waals surface area contributed by atoms with E-state index in [-0.39, 0.29) is 30.5 Å². The summed E-state index contributed by atoms with van der Waals surface area (Å²) in [6.07, 6.45) is 4.09. The molecule has 8 atom stereocenters. The Morgan fingerprint density at radius 3 is 2.64 bits per heavy atom. The van der Waals surface area contributed by atoms with Crippen LogP contribution in [0.1, 0.15) is 46.5 Å². The summed E-state index contributed by atoms with van der Waals surface area (Å²) in [7, 11) is 0. The SMILES string of the molecule is C[C@H]1C[C@@H]2[C@@H]3CC[C@](O)(C(=O)CO)[C@]3(C)C[C@H](O)[C@]2(F)[C@]2(C)C=CC(=O)C=C12. The first kappa shape index (κ1) is 19.9. The van der Waals surface area contributed by atoms with Crippen LogP contribution in [-0.4, -0.2) is 50.9 Å². The van der Waals surface area contributed by atoms with Crippen LogP contribution < -0.4 is 0 Å². The van der Waals surface area contributed by atoms with Crippen LogP contribution in [-0.2, 0) is 9.59 Å². The van der Waals surface area contributed by atoms with Crippen molar-refractivity contribution in [3.63, 3.8) is 0 Å². The van der Waals surface area contributed by atoms with Crippen molar-refractivity contribution >= 4 is 11.6 Å². The van der Waals surface area contributed by atoms with Crippen molar-refractivity contribution in [1.82, 2.24) is 0 Å². The van der Waals surface area contributed by atoms with Crippen LogP contribution in [0.4, 0.5) is 4.39 Å². The number of hydrogen-bond acceptors (Lipinski definition) is 5. The zero-order chi connectivity index (χ0) is 20.7. The first-order chi connectivity index (χ1) is 13.0. The molecule has 28 heavy (non-hydrogen) atoms. The summed E-state index contributed by atoms with van der Waals surface area (Å²) in [6, 6.07) is 0. The van der Waals surface area contributed by atoms with Crippen molar-refractivity contribution in [3.05, 3.63) is 23.8 Å². The van der Waals surface area contributed by atoms with Crippen LogP contribution in [0.15, 0.2) is 23.8 Å². The topological polar surface area (TPSA) is 94.8 Å². The summed E-state index contributed by atoms with van der Waals surface area (Å²) in [5.74, 6) is -1.73. The van der Waals surface area contributed by atoms with Crippen molar-refractivity contribution in [1.29, 1.82) is 0 Å². The molecule has 0 radical (unpaired) electrons. The number of carbonyl (C=O) groups excluding carboxylic acids is 2. The van der Waals surface area contributed by atoms with Crippen LogP contribution >= 0.6 is 0 Å². The van der Waals surface area contributed by atoms with Crippen LogP contribution in [0.2, 0.25) is 0 Å². The Bertz CT molecular complexity index is 805. The lowest BCUT2D eigenvalue weighted by molar-refractivity contribution is -0.221. The van der Waals surface area contributed by atoms with Crippen LogP contribution in [0.3, 0.4) is 0 Å². The Hall–Kier alpha value is -1.37. The Labute approximate surface area is 164 Å². The maximum Gasteiger partial charge on any atom is 0.190 e. The van der Waals surface area contributed by atoms with Gasteiger partial charge < -0.3 is 15.3 Å². The molecule has 4 aliphatic rings. The summed E-state index contributed by atoms with van der Waals surface area (Å²) in [4.78, 5) is 24.3. The van der Waals surface area contributed by atoms with Gasteiger partial charge in [-0.2, -0.15) is 0 Å². The van der Waals surface area contributed by atoms with E-state index in [0.29, 0.717) is 18.4 Å². The van der Waals surface area contributed by atoms with Gasteiger partial charge in [0.15, 0.2) is 17.2 Å². The quantitative estimate of drug-likeness (QED) is 0.667. The second kappa shape index (κ2) is 5.83. The maximum absolute atomic E-state index is 16.9. The number of fused-ring (bicyclic) bond motifs is 5. The summed E-state index contributed by atoms with van der Waals surface area (Å²) in [5.41, 5.74) is -5.14. The first-order valence-electron chi connectivity index (χ1n) is 10.1. The highest BCUT2D eigenvalue weighted by Gasteiger charge is 2.74. The predicted octanol–water partition coefficient (Wildman–Crippen LogP) is 1.90. The number of ketones is 2. The standard InChI is InChI=1S/C22H29FO5/c1-12-8-16-14-5-7-21(28,18(27)11-24)20(14,3)10-17(26)22(16,23)19(2)6-4-13(25)9-15(12)19/h4,6,9,12,14,16-17,24,26,28H,5,7-8,10-11H2,1-3H3/t12-,14-,16+,17-,19+,20+,21-,22-/m0/s1. The van der Waals surface area contributed by atoms with E-state index >= 15 is 4.39 Å². The van der Waals surface area contributed by atoms with Gasteiger partial charge in [0.1, 0.15) is 12.2 Å². The van der Waals surface area contributed by atoms with E-state index in [2.05, 4.69) is 0 Å². The second-order valence-electron chi connectivity index (χ2n) is 9.77. The molecule has 0 heterocycles. The monoisotopic (exact) mass is 392 g/mol. The van der Waals surface area contributed by atoms with E-state index in [1.54, 1.807) is 19.9 Å². The number of halogens is 1. The molecule has 0 saturated heterocycles. The number of rotatable bonds is 2. The smallest absolute Gasteiger partial charge is 0.190 e. The fourth-order valence-electron chi connectivity index (χ4n) is 7.19. The van der Waals surface area contributed by atoms with Gasteiger partial charge in [-0.1, -0.05) is 25.5 Å². The molecule has 3 fully saturated rings. The van der Waals surface area contributed by atoms with Crippen molar-refractivity contribution in [3.8, 4) is 0 Å². The molecule has 0 aliphatic heterocycles. The lowest BCUT2D eigenvalue weighted by atomic mass is 9.43. The Kier molecular flexibility index (Phi) is 4.15. The van der Waals surface area contributed by atoms with E-state index in [1.807, 2.05) is 6.92 Å². The minimum atomic E-state index is -1.99. The summed E-state index contributed by atoms with van der Waals surface area (Å²) < 4.78 is 16.9. The highest BCUT2D eigenvalue weighted by atomic mass is 19.1. The number of alkyl halides is 1. The fraction of sp³-hybridized carbons (Fsp3) is 0.727. The molecule has 4 rings (SSSR count). The molecular formula is C22H29FO5. The van der Waals surface area contributed by atoms with E-state index in [9.17, 15) is 24.9 Å². The van der Waals surface area contributed by atoms with Gasteiger partial charge in [-0.05, 0) is 56.6 Å². The molecule has 3 N–H and O–H groups in total. The lowest BCUT2D eigenvalue weighted by Crippen LogP contribution is -2.69. The Morgan fingerprint density at radius 2 is 2.00 bits per heavy atom. The molecule has 0 spiro atoms. The van der Waals surface area contributed by atoms with Crippen LogP contribution in [0.25, 0.3) is 0 Å². The third-order valence-corrected chi connectivity index (χ3v) is 8.73. The lowest BCUT2D eigenvalue weighted by Gasteiger charge is -2.63. The van der Waals surface area contributed by atoms with Gasteiger partial charge in [-0.15, -0.1) is 0 Å². The number of carbonyl (C=O) groups is 2. The van der Waals surface area contributed by atoms with Crippen LogP contribution in [0.5, 0.6) is 0 Å². The average Bonchev–Trinajstić information content (AvgIpc) is 2.91. The zero-order valence-corrected chi connectivity index (χ0v) is 16.6. The molecule has 154 valence electrons. The molecule has 5 nitrogen and oxygen atoms in total. The molecule has 0 bridgehead atoms. The molecule has 0 aromatic carbocycles. The van der Waals surface area contributed by atoms with E-state index in [0.717, 1.165) is 0 Å². The van der Waals surface area contributed by atoms with E-state index in [4.69, 9.17) is 0 Å². The largest absolute Gasteiger partial charge is 0.390 e. The van der Waals surface area contributed by atoms with Gasteiger partial charge in [0.05, 0.1) is 6.10 Å². The molecule has 0 unspecified atom stereocenters. The minimum absolute atomic E-state index is 0.0513. The maximum atomic E-state index is 16.9. The molecule has 0 aromatic heterocycles. The van der Waals surface area contributed by atoms with Crippen molar-refractivity contribution < 1.29 is 29.3 Å². The Balaban J connectivity index is 1.84. The van der Waals surface area contributed by atoms with E-state index in [1.165, 1.54) is 12.2 Å². The van der Waals surface area contributed by atoms with Crippen molar-refractivity contribution in [2.45, 2.75) is 63.8 Å². The first-order valence-corrected chi connectivity index (χ1v) is 10.1. The van der Waals surface area contributed by atoms with Gasteiger partial charge in [0.25, 0.3) is 0 Å². The second-order valence-corrected chi connectivity index (χ2v) is 9.77. The highest BCUT2D eigenvalue weighted by Crippen LogP contribution is 2.70. The fourth-order valence-corrected chi connectivity index (χ4v) is 7.19. The summed E-state index contributed by atoms with van der Waals surface area (Å²) in [5, 5.41) is 31.7. The number of aliphatic hydroxyl groups is 3. The van der Waals surface area contributed by atoms with Gasteiger partial charge in [-0.3, -0.25) is 9.59 Å². The molecule has 3 saturated carbocycles. The highest BCUT2D eigenvalue weighted by molar-refractivity contribution is 6.01. The van der Waals surface area contributed by atoms with Crippen molar-refractivity contribution in [2.24, 2.45) is 28.6 Å². The number of aliphatic hydroxyl groups excluding tert-OH is 2. The van der Waals surface area contributed by atoms with Gasteiger partial charge in [0.2, 0.25) is 0 Å². The molecular weight excluding hydrogens is 363 g/mol. The number of allylic oxidation sites excluding steroid dienone is 4. The summed E-state index contributed by atoms with van der Waals surface area (Å²) >= 11 is 0. The van der Waals surface area contributed by atoms with Gasteiger partial charge in [-0.25, -0.2) is 4.39 Å². The number of Topliss-reactive ketones (excluding diaryl/α,β-unsaturated/α-hetero) is 1. The average molecular weight is 392 g/mol. The van der Waals surface area contributed by atoms with Crippen LogP contribution in [0, 0.1) is 28.6 Å². The van der Waals surface area contributed by atoms with Crippen molar-refractivity contribution in [2.75, 3.05) is 6.61 Å². The van der Waals surface area contributed by atoms with E-state index < -0.39 is 46.5 Å². The minimum Gasteiger partial charge on any atom is -0.390 e. The third kappa shape index (κ3) is 2.06. The predicted molar refractivity (Wildman–Crippen MR) is 99.9 cm³/mol. The molecule has 0 aromatic rings. The zero-order valence-electron chi connectivity index (χ0n) is 16.6. The number of hydrogen-bond donors (Lipinski definition) is 3.